The molecule has 200 valence electrons. The van der Waals surface area contributed by atoms with Crippen LogP contribution in [0.25, 0.3) is 0 Å². The molecule has 1 atom stereocenters. The van der Waals surface area contributed by atoms with Gasteiger partial charge in [0.25, 0.3) is 11.8 Å². The highest BCUT2D eigenvalue weighted by Crippen LogP contribution is 2.28. The predicted molar refractivity (Wildman–Crippen MR) is 133 cm³/mol. The van der Waals surface area contributed by atoms with Gasteiger partial charge in [0.2, 0.25) is 5.91 Å². The lowest BCUT2D eigenvalue weighted by Crippen LogP contribution is -2.41. The van der Waals surface area contributed by atoms with Gasteiger partial charge in [0.15, 0.2) is 0 Å². The zero-order valence-corrected chi connectivity index (χ0v) is 21.5. The quantitative estimate of drug-likeness (QED) is 0.184. The fourth-order valence-corrected chi connectivity index (χ4v) is 3.38. The monoisotopic (exact) mass is 515 g/mol. The fraction of sp³-hybridized carbons (Fsp3) is 0.500. The second kappa shape index (κ2) is 14.1. The fourth-order valence-electron chi connectivity index (χ4n) is 3.38. The second-order valence-electron chi connectivity index (χ2n) is 9.02. The van der Waals surface area contributed by atoms with Crippen LogP contribution >= 0.6 is 0 Å². The van der Waals surface area contributed by atoms with Crippen molar-refractivity contribution in [1.82, 2.24) is 15.5 Å². The molecule has 0 spiro atoms. The molecule has 0 saturated carbocycles. The van der Waals surface area contributed by atoms with Gasteiger partial charge in [0.1, 0.15) is 18.5 Å². The Kier molecular flexibility index (Phi) is 11.2. The van der Waals surface area contributed by atoms with Crippen LogP contribution in [0.3, 0.4) is 0 Å². The van der Waals surface area contributed by atoms with E-state index in [0.717, 1.165) is 4.90 Å². The molecule has 37 heavy (non-hydrogen) atoms. The van der Waals surface area contributed by atoms with E-state index in [-0.39, 0.29) is 43.1 Å². The summed E-state index contributed by atoms with van der Waals surface area (Å²) in [6, 6.07) is 3.68. The molecule has 1 unspecified atom stereocenters. The molecule has 1 aromatic rings. The Morgan fingerprint density at radius 1 is 1.11 bits per heavy atom. The van der Waals surface area contributed by atoms with E-state index in [1.165, 1.54) is 13.1 Å². The summed E-state index contributed by atoms with van der Waals surface area (Å²) in [5.74, 6) is 4.15. The molecule has 0 aliphatic carbocycles. The molecule has 0 saturated heterocycles. The third-order valence-electron chi connectivity index (χ3n) is 5.06. The maximum atomic E-state index is 13.0. The van der Waals surface area contributed by atoms with E-state index in [2.05, 4.69) is 22.5 Å². The third-order valence-corrected chi connectivity index (χ3v) is 5.06. The normalized spacial score (nSPS) is 13.4. The van der Waals surface area contributed by atoms with Gasteiger partial charge in [0, 0.05) is 25.6 Å². The summed E-state index contributed by atoms with van der Waals surface area (Å²) in [5, 5.41) is 5.03. The van der Waals surface area contributed by atoms with Gasteiger partial charge in [-0.2, -0.15) is 0 Å². The maximum absolute atomic E-state index is 13.0. The summed E-state index contributed by atoms with van der Waals surface area (Å²) in [7, 11) is 1.47. The molecule has 0 radical (unpaired) electrons. The highest BCUT2D eigenvalue weighted by atomic mass is 16.6. The molecule has 4 amide bonds. The Morgan fingerprint density at radius 2 is 1.84 bits per heavy atom. The van der Waals surface area contributed by atoms with Crippen LogP contribution in [0.4, 0.5) is 4.79 Å². The van der Waals surface area contributed by atoms with Gasteiger partial charge in [-0.1, -0.05) is 17.9 Å². The number of ether oxygens (including phenoxy) is 3. The smallest absolute Gasteiger partial charge is 0.407 e. The molecular formula is C26H33N3O8. The van der Waals surface area contributed by atoms with Crippen molar-refractivity contribution < 1.29 is 38.2 Å². The van der Waals surface area contributed by atoms with E-state index in [9.17, 15) is 24.0 Å². The van der Waals surface area contributed by atoms with Crippen molar-refractivity contribution in [3.63, 3.8) is 0 Å². The van der Waals surface area contributed by atoms with Crippen molar-refractivity contribution in [2.45, 2.75) is 45.3 Å². The number of rotatable bonds is 12. The molecule has 1 aliphatic rings. The van der Waals surface area contributed by atoms with Crippen LogP contribution in [-0.4, -0.2) is 86.7 Å². The van der Waals surface area contributed by atoms with Gasteiger partial charge in [-0.15, -0.1) is 0 Å². The highest BCUT2D eigenvalue weighted by Gasteiger charge is 2.41. The maximum Gasteiger partial charge on any atom is 0.407 e. The van der Waals surface area contributed by atoms with Gasteiger partial charge in [-0.05, 0) is 39.3 Å². The number of aldehydes is 1. The minimum absolute atomic E-state index is 0.00127. The molecule has 0 bridgehead atoms. The molecule has 1 heterocycles. The Labute approximate surface area is 216 Å². The molecular weight excluding hydrogens is 482 g/mol. The zero-order chi connectivity index (χ0) is 27.4. The third kappa shape index (κ3) is 9.00. The van der Waals surface area contributed by atoms with Crippen molar-refractivity contribution in [3.8, 4) is 11.8 Å². The van der Waals surface area contributed by atoms with Crippen molar-refractivity contribution in [1.29, 1.82) is 0 Å². The molecule has 0 fully saturated rings. The summed E-state index contributed by atoms with van der Waals surface area (Å²) in [5.41, 5.74) is 0.0843. The van der Waals surface area contributed by atoms with E-state index in [0.29, 0.717) is 31.6 Å². The molecule has 1 aromatic carbocycles. The molecule has 1 aliphatic heterocycles. The first kappa shape index (κ1) is 29.5. The van der Waals surface area contributed by atoms with Crippen molar-refractivity contribution in [3.05, 3.63) is 34.9 Å². The summed E-state index contributed by atoms with van der Waals surface area (Å²) < 4.78 is 15.9. The van der Waals surface area contributed by atoms with E-state index >= 15 is 0 Å². The summed E-state index contributed by atoms with van der Waals surface area (Å²) >= 11 is 0. The van der Waals surface area contributed by atoms with Crippen molar-refractivity contribution in [2.24, 2.45) is 0 Å². The van der Waals surface area contributed by atoms with Gasteiger partial charge in [-0.25, -0.2) is 4.79 Å². The second-order valence-corrected chi connectivity index (χ2v) is 9.02. The molecule has 2 N–H and O–H groups in total. The van der Waals surface area contributed by atoms with Crippen LogP contribution < -0.4 is 10.6 Å². The summed E-state index contributed by atoms with van der Waals surface area (Å²) in [6.07, 6.45) is 0.0209. The largest absolute Gasteiger partial charge is 0.444 e. The number of benzene rings is 1. The lowest BCUT2D eigenvalue weighted by molar-refractivity contribution is -0.121. The number of amides is 4. The Morgan fingerprint density at radius 3 is 2.51 bits per heavy atom. The minimum Gasteiger partial charge on any atom is -0.444 e. The van der Waals surface area contributed by atoms with Crippen LogP contribution in [0.15, 0.2) is 18.2 Å². The first-order valence-electron chi connectivity index (χ1n) is 11.9. The van der Waals surface area contributed by atoms with Crippen LogP contribution in [-0.2, 0) is 23.8 Å². The lowest BCUT2D eigenvalue weighted by atomic mass is 10.0. The standard InChI is InChI=1S/C26H33N3O8/c1-26(2,3)37-25(34)28-12-14-36-16-15-35-13-6-8-18-7-5-9-20-22(18)24(33)29(23(20)32)19(17-30)10-11-21(31)27-4/h5,7,9,17,19H,10-16H2,1-4H3,(H,27,31)(H,28,34). The number of imide groups is 1. The van der Waals surface area contributed by atoms with Crippen molar-refractivity contribution >= 4 is 30.1 Å². The number of nitrogens with zero attached hydrogens (tertiary/aromatic N) is 1. The Bertz CT molecular complexity index is 1070. The van der Waals surface area contributed by atoms with Gasteiger partial charge >= 0.3 is 6.09 Å². The van der Waals surface area contributed by atoms with Crippen LogP contribution in [0, 0.1) is 11.8 Å². The number of hydrogen-bond donors (Lipinski definition) is 2. The molecule has 0 aromatic heterocycles. The number of nitrogens with one attached hydrogen (secondary N) is 2. The number of carbonyl (C=O) groups is 5. The van der Waals surface area contributed by atoms with E-state index in [1.54, 1.807) is 32.9 Å². The predicted octanol–water partition coefficient (Wildman–Crippen LogP) is 1.29. The van der Waals surface area contributed by atoms with E-state index in [4.69, 9.17) is 14.2 Å². The first-order chi connectivity index (χ1) is 17.6. The van der Waals surface area contributed by atoms with Gasteiger partial charge in [0.05, 0.1) is 37.0 Å². The zero-order valence-electron chi connectivity index (χ0n) is 21.5. The van der Waals surface area contributed by atoms with E-state index in [1.807, 2.05) is 0 Å². The molecule has 11 nitrogen and oxygen atoms in total. The average Bonchev–Trinajstić information content (AvgIpc) is 3.10. The average molecular weight is 516 g/mol. The number of alkyl carbamates (subject to hydrolysis) is 1. The van der Waals surface area contributed by atoms with Crippen molar-refractivity contribution in [2.75, 3.05) is 40.0 Å². The highest BCUT2D eigenvalue weighted by molar-refractivity contribution is 6.23. The van der Waals surface area contributed by atoms with Crippen LogP contribution in [0.1, 0.15) is 59.9 Å². The first-order valence-corrected chi connectivity index (χ1v) is 11.9. The number of hydrogen-bond acceptors (Lipinski definition) is 8. The SMILES string of the molecule is CNC(=O)CCC(C=O)N1C(=O)c2cccc(C#CCOCCOCCNC(=O)OC(C)(C)C)c2C1=O. The van der Waals surface area contributed by atoms with Crippen LogP contribution in [0.2, 0.25) is 0 Å². The Hall–Kier alpha value is -3.75. The summed E-state index contributed by atoms with van der Waals surface area (Å²) in [6.45, 7) is 6.56. The topological polar surface area (TPSA) is 140 Å². The number of fused-ring (bicyclic) bond motifs is 1. The molecule has 11 heteroatoms. The van der Waals surface area contributed by atoms with E-state index < -0.39 is 29.6 Å². The molecule has 2 rings (SSSR count). The summed E-state index contributed by atoms with van der Waals surface area (Å²) in [4.78, 5) is 61.4. The Balaban J connectivity index is 1.82. The van der Waals surface area contributed by atoms with Crippen LogP contribution in [0.5, 0.6) is 0 Å². The van der Waals surface area contributed by atoms with Gasteiger partial charge < -0.3 is 29.6 Å². The lowest BCUT2D eigenvalue weighted by Gasteiger charge is -2.20. The minimum atomic E-state index is -1.05. The van der Waals surface area contributed by atoms with Gasteiger partial charge in [-0.3, -0.25) is 19.3 Å². The number of carbonyl (C=O) groups excluding carboxylic acids is 5.